The monoisotopic (exact) mass is 202 g/mol. The minimum atomic E-state index is 0.450. The van der Waals surface area contributed by atoms with Gasteiger partial charge in [0.05, 0.1) is 12.3 Å². The highest BCUT2D eigenvalue weighted by Gasteiger charge is 2.33. The molecule has 1 aromatic carbocycles. The van der Waals surface area contributed by atoms with Gasteiger partial charge in [0.2, 0.25) is 0 Å². The molecule has 0 bridgehead atoms. The predicted molar refractivity (Wildman–Crippen MR) is 58.3 cm³/mol. The quantitative estimate of drug-likeness (QED) is 0.764. The zero-order valence-corrected chi connectivity index (χ0v) is 8.73. The molecule has 0 spiro atoms. The number of rotatable bonds is 3. The van der Waals surface area contributed by atoms with E-state index in [4.69, 9.17) is 15.7 Å². The number of benzene rings is 1. The SMILES string of the molecule is C[C@H]1C[C@@H]1COc1cccc(N)c1C#N. The lowest BCUT2D eigenvalue weighted by Gasteiger charge is -2.08. The van der Waals surface area contributed by atoms with Crippen molar-refractivity contribution >= 4 is 5.69 Å². The fraction of sp³-hybridized carbons (Fsp3) is 0.417. The summed E-state index contributed by atoms with van der Waals surface area (Å²) in [5.74, 6) is 2.02. The minimum Gasteiger partial charge on any atom is -0.492 e. The first-order valence-corrected chi connectivity index (χ1v) is 5.13. The molecule has 0 saturated heterocycles. The summed E-state index contributed by atoms with van der Waals surface area (Å²) in [6.45, 7) is 2.90. The van der Waals surface area contributed by atoms with Crippen LogP contribution in [0.25, 0.3) is 0 Å². The summed E-state index contributed by atoms with van der Waals surface area (Å²) in [6.07, 6.45) is 1.23. The topological polar surface area (TPSA) is 59.0 Å². The number of anilines is 1. The highest BCUT2D eigenvalue weighted by Crippen LogP contribution is 2.38. The second kappa shape index (κ2) is 3.82. The summed E-state index contributed by atoms with van der Waals surface area (Å²) in [7, 11) is 0. The van der Waals surface area contributed by atoms with Crippen molar-refractivity contribution in [3.05, 3.63) is 23.8 Å². The van der Waals surface area contributed by atoms with Crippen LogP contribution in [0.3, 0.4) is 0 Å². The minimum absolute atomic E-state index is 0.450. The van der Waals surface area contributed by atoms with Gasteiger partial charge in [-0.25, -0.2) is 0 Å². The van der Waals surface area contributed by atoms with Gasteiger partial charge < -0.3 is 10.5 Å². The predicted octanol–water partition coefficient (Wildman–Crippen LogP) is 2.18. The molecule has 0 radical (unpaired) electrons. The maximum absolute atomic E-state index is 8.92. The van der Waals surface area contributed by atoms with E-state index in [2.05, 4.69) is 13.0 Å². The summed E-state index contributed by atoms with van der Waals surface area (Å²) >= 11 is 0. The van der Waals surface area contributed by atoms with Gasteiger partial charge in [0.1, 0.15) is 17.4 Å². The number of ether oxygens (including phenoxy) is 1. The van der Waals surface area contributed by atoms with Gasteiger partial charge in [-0.3, -0.25) is 0 Å². The molecule has 2 atom stereocenters. The van der Waals surface area contributed by atoms with E-state index in [0.717, 1.165) is 5.92 Å². The maximum Gasteiger partial charge on any atom is 0.139 e. The van der Waals surface area contributed by atoms with Crippen molar-refractivity contribution in [2.24, 2.45) is 11.8 Å². The first kappa shape index (κ1) is 9.85. The average Bonchev–Trinajstić information content (AvgIpc) is 2.92. The number of nitrogen functional groups attached to an aromatic ring is 1. The Morgan fingerprint density at radius 1 is 1.60 bits per heavy atom. The number of nitrogens with two attached hydrogens (primary N) is 1. The second-order valence-corrected chi connectivity index (χ2v) is 4.12. The van der Waals surface area contributed by atoms with Crippen LogP contribution in [0.1, 0.15) is 18.9 Å². The van der Waals surface area contributed by atoms with Crippen LogP contribution in [0, 0.1) is 23.2 Å². The Morgan fingerprint density at radius 2 is 2.33 bits per heavy atom. The molecule has 0 aliphatic heterocycles. The maximum atomic E-state index is 8.92. The molecule has 2 rings (SSSR count). The molecular weight excluding hydrogens is 188 g/mol. The van der Waals surface area contributed by atoms with Crippen molar-refractivity contribution in [2.45, 2.75) is 13.3 Å². The van der Waals surface area contributed by atoms with Crippen LogP contribution in [0.2, 0.25) is 0 Å². The molecule has 3 heteroatoms. The Morgan fingerprint density at radius 3 is 2.93 bits per heavy atom. The third-order valence-electron chi connectivity index (χ3n) is 2.90. The molecule has 78 valence electrons. The Hall–Kier alpha value is -1.69. The highest BCUT2D eigenvalue weighted by atomic mass is 16.5. The molecule has 1 saturated carbocycles. The Kier molecular flexibility index (Phi) is 2.51. The summed E-state index contributed by atoms with van der Waals surface area (Å²) in [6, 6.07) is 7.38. The largest absolute Gasteiger partial charge is 0.492 e. The molecule has 15 heavy (non-hydrogen) atoms. The molecule has 1 aromatic rings. The molecule has 1 aliphatic rings. The average molecular weight is 202 g/mol. The molecule has 3 nitrogen and oxygen atoms in total. The normalized spacial score (nSPS) is 23.2. The van der Waals surface area contributed by atoms with E-state index >= 15 is 0 Å². The lowest BCUT2D eigenvalue weighted by molar-refractivity contribution is 0.293. The van der Waals surface area contributed by atoms with Crippen LogP contribution in [0.4, 0.5) is 5.69 Å². The Bertz CT molecular complexity index is 409. The Balaban J connectivity index is 2.07. The van der Waals surface area contributed by atoms with Crippen molar-refractivity contribution in [3.8, 4) is 11.8 Å². The fourth-order valence-corrected chi connectivity index (χ4v) is 1.62. The van der Waals surface area contributed by atoms with E-state index in [-0.39, 0.29) is 0 Å². The molecule has 0 aromatic heterocycles. The molecule has 1 fully saturated rings. The standard InChI is InChI=1S/C12H14N2O/c1-8-5-9(8)7-15-12-4-2-3-11(14)10(12)6-13/h2-4,8-9H,5,7,14H2,1H3/t8-,9+/m0/s1. The van der Waals surface area contributed by atoms with Gasteiger partial charge in [0.15, 0.2) is 0 Å². The number of hydrogen-bond donors (Lipinski definition) is 1. The van der Waals surface area contributed by atoms with Gasteiger partial charge in [-0.1, -0.05) is 13.0 Å². The van der Waals surface area contributed by atoms with Crippen LogP contribution in [-0.2, 0) is 0 Å². The van der Waals surface area contributed by atoms with Crippen molar-refractivity contribution in [2.75, 3.05) is 12.3 Å². The molecule has 0 amide bonds. The summed E-state index contributed by atoms with van der Waals surface area (Å²) in [4.78, 5) is 0. The zero-order valence-electron chi connectivity index (χ0n) is 8.73. The van der Waals surface area contributed by atoms with Crippen LogP contribution in [0.5, 0.6) is 5.75 Å². The molecule has 0 unspecified atom stereocenters. The Labute approximate surface area is 89.5 Å². The molecular formula is C12H14N2O. The highest BCUT2D eigenvalue weighted by molar-refractivity contribution is 5.60. The molecule has 0 heterocycles. The first-order chi connectivity index (χ1) is 7.22. The fourth-order valence-electron chi connectivity index (χ4n) is 1.62. The van der Waals surface area contributed by atoms with Crippen molar-refractivity contribution < 1.29 is 4.74 Å². The number of hydrogen-bond acceptors (Lipinski definition) is 3. The van der Waals surface area contributed by atoms with Crippen molar-refractivity contribution in [1.29, 1.82) is 5.26 Å². The summed E-state index contributed by atoms with van der Waals surface area (Å²) in [5, 5.41) is 8.92. The second-order valence-electron chi connectivity index (χ2n) is 4.12. The van der Waals surface area contributed by atoms with E-state index in [1.165, 1.54) is 6.42 Å². The van der Waals surface area contributed by atoms with E-state index in [1.807, 2.05) is 6.07 Å². The third kappa shape index (κ3) is 2.04. The van der Waals surface area contributed by atoms with Crippen molar-refractivity contribution in [3.63, 3.8) is 0 Å². The van der Waals surface area contributed by atoms with Gasteiger partial charge in [0.25, 0.3) is 0 Å². The van der Waals surface area contributed by atoms with Gasteiger partial charge in [-0.2, -0.15) is 5.26 Å². The van der Waals surface area contributed by atoms with Crippen LogP contribution in [-0.4, -0.2) is 6.61 Å². The smallest absolute Gasteiger partial charge is 0.139 e. The van der Waals surface area contributed by atoms with Gasteiger partial charge >= 0.3 is 0 Å². The van der Waals surface area contributed by atoms with Crippen LogP contribution in [0.15, 0.2) is 18.2 Å². The van der Waals surface area contributed by atoms with E-state index in [9.17, 15) is 0 Å². The molecule has 1 aliphatic carbocycles. The lowest BCUT2D eigenvalue weighted by Crippen LogP contribution is -2.03. The summed E-state index contributed by atoms with van der Waals surface area (Å²) < 4.78 is 5.60. The summed E-state index contributed by atoms with van der Waals surface area (Å²) in [5.41, 5.74) is 6.61. The van der Waals surface area contributed by atoms with Crippen LogP contribution < -0.4 is 10.5 Å². The number of nitriles is 1. The zero-order chi connectivity index (χ0) is 10.8. The third-order valence-corrected chi connectivity index (χ3v) is 2.90. The van der Waals surface area contributed by atoms with Gasteiger partial charge in [-0.15, -0.1) is 0 Å². The lowest BCUT2D eigenvalue weighted by atomic mass is 10.2. The first-order valence-electron chi connectivity index (χ1n) is 5.13. The van der Waals surface area contributed by atoms with Crippen LogP contribution >= 0.6 is 0 Å². The van der Waals surface area contributed by atoms with E-state index < -0.39 is 0 Å². The van der Waals surface area contributed by atoms with E-state index in [0.29, 0.717) is 29.5 Å². The van der Waals surface area contributed by atoms with Crippen molar-refractivity contribution in [1.82, 2.24) is 0 Å². The van der Waals surface area contributed by atoms with Gasteiger partial charge in [-0.05, 0) is 30.4 Å². The molecule has 2 N–H and O–H groups in total. The van der Waals surface area contributed by atoms with E-state index in [1.54, 1.807) is 12.1 Å². The van der Waals surface area contributed by atoms with Gasteiger partial charge in [0, 0.05) is 0 Å². The number of nitrogens with zero attached hydrogens (tertiary/aromatic N) is 1.